The van der Waals surface area contributed by atoms with Crippen molar-refractivity contribution in [1.82, 2.24) is 0 Å². The summed E-state index contributed by atoms with van der Waals surface area (Å²) in [5.74, 6) is -0.345. The Morgan fingerprint density at radius 2 is 1.86 bits per heavy atom. The van der Waals surface area contributed by atoms with Crippen LogP contribution in [0.2, 0.25) is 0 Å². The summed E-state index contributed by atoms with van der Waals surface area (Å²) in [6.45, 7) is 7.15. The maximum atomic E-state index is 11.1. The first-order chi connectivity index (χ1) is 6.72. The van der Waals surface area contributed by atoms with Crippen LogP contribution in [0.4, 0.5) is 0 Å². The van der Waals surface area contributed by atoms with Crippen molar-refractivity contribution in [3.8, 4) is 0 Å². The molecule has 0 aliphatic rings. The van der Waals surface area contributed by atoms with Crippen molar-refractivity contribution in [3.05, 3.63) is 12.2 Å². The van der Waals surface area contributed by atoms with E-state index >= 15 is 0 Å². The third-order valence-electron chi connectivity index (χ3n) is 1.61. The molecule has 0 aromatic carbocycles. The normalized spacial score (nSPS) is 9.86. The second kappa shape index (κ2) is 8.72. The van der Waals surface area contributed by atoms with Crippen LogP contribution in [-0.4, -0.2) is 39.5 Å². The summed E-state index contributed by atoms with van der Waals surface area (Å²) in [5, 5.41) is 0. The van der Waals surface area contributed by atoms with Gasteiger partial charge in [-0.15, -0.1) is 0 Å². The van der Waals surface area contributed by atoms with Crippen LogP contribution in [-0.2, 0) is 19.0 Å². The smallest absolute Gasteiger partial charge is 0.333 e. The lowest BCUT2D eigenvalue weighted by molar-refractivity contribution is -0.140. The van der Waals surface area contributed by atoms with Gasteiger partial charge in [-0.2, -0.15) is 0 Å². The number of hydrogen-bond donors (Lipinski definition) is 0. The van der Waals surface area contributed by atoms with E-state index in [0.717, 1.165) is 0 Å². The number of carbonyl (C=O) groups excluding carboxylic acids is 1. The Kier molecular flexibility index (Phi) is 8.17. The van der Waals surface area contributed by atoms with Crippen LogP contribution in [0, 0.1) is 0 Å². The van der Waals surface area contributed by atoms with Crippen molar-refractivity contribution < 1.29 is 19.0 Å². The number of ether oxygens (including phenoxy) is 3. The van der Waals surface area contributed by atoms with E-state index in [9.17, 15) is 4.79 Å². The number of rotatable bonds is 8. The fourth-order valence-corrected chi connectivity index (χ4v) is 0.684. The highest BCUT2D eigenvalue weighted by atomic mass is 16.6. The van der Waals surface area contributed by atoms with Crippen LogP contribution in [0.3, 0.4) is 0 Å². The quantitative estimate of drug-likeness (QED) is 0.336. The van der Waals surface area contributed by atoms with Gasteiger partial charge in [0.25, 0.3) is 0 Å². The van der Waals surface area contributed by atoms with Crippen molar-refractivity contribution in [1.29, 1.82) is 0 Å². The monoisotopic (exact) mass is 202 g/mol. The zero-order valence-corrected chi connectivity index (χ0v) is 8.88. The molecule has 0 unspecified atom stereocenters. The summed E-state index contributed by atoms with van der Waals surface area (Å²) in [5.41, 5.74) is 0.488. The number of esters is 1. The van der Waals surface area contributed by atoms with Gasteiger partial charge in [-0.05, 0) is 6.42 Å². The summed E-state index contributed by atoms with van der Waals surface area (Å²) in [4.78, 5) is 11.1. The fraction of sp³-hybridized carbons (Fsp3) is 0.700. The molecule has 0 atom stereocenters. The van der Waals surface area contributed by atoms with Crippen LogP contribution in [0.1, 0.15) is 13.3 Å². The third-order valence-corrected chi connectivity index (χ3v) is 1.61. The van der Waals surface area contributed by atoms with Crippen LogP contribution < -0.4 is 0 Å². The molecule has 0 saturated carbocycles. The van der Waals surface area contributed by atoms with Gasteiger partial charge < -0.3 is 14.2 Å². The molecule has 0 aliphatic carbocycles. The van der Waals surface area contributed by atoms with Gasteiger partial charge in [0.05, 0.1) is 19.8 Å². The molecule has 0 saturated heterocycles. The van der Waals surface area contributed by atoms with Crippen LogP contribution in [0.5, 0.6) is 0 Å². The van der Waals surface area contributed by atoms with Gasteiger partial charge in [-0.1, -0.05) is 13.5 Å². The lowest BCUT2D eigenvalue weighted by Crippen LogP contribution is -2.13. The molecule has 0 radical (unpaired) electrons. The van der Waals surface area contributed by atoms with Crippen molar-refractivity contribution in [2.75, 3.05) is 33.5 Å². The van der Waals surface area contributed by atoms with E-state index in [1.165, 1.54) is 0 Å². The molecule has 0 amide bonds. The standard InChI is InChI=1S/C10H18O4/c1-4-9(2)10(11)14-8-7-13-6-5-12-3/h2,4-8H2,1,3H3. The van der Waals surface area contributed by atoms with Gasteiger partial charge in [0, 0.05) is 12.7 Å². The van der Waals surface area contributed by atoms with Gasteiger partial charge in [-0.3, -0.25) is 0 Å². The summed E-state index contributed by atoms with van der Waals surface area (Å²) in [7, 11) is 1.61. The lowest BCUT2D eigenvalue weighted by Gasteiger charge is -2.06. The third kappa shape index (κ3) is 6.62. The summed E-state index contributed by atoms with van der Waals surface area (Å²) in [6.07, 6.45) is 0.614. The topological polar surface area (TPSA) is 44.8 Å². The molecule has 82 valence electrons. The molecule has 0 heterocycles. The van der Waals surface area contributed by atoms with Gasteiger partial charge in [0.2, 0.25) is 0 Å². The largest absolute Gasteiger partial charge is 0.460 e. The van der Waals surface area contributed by atoms with E-state index in [0.29, 0.717) is 31.8 Å². The van der Waals surface area contributed by atoms with E-state index in [1.54, 1.807) is 7.11 Å². The van der Waals surface area contributed by atoms with E-state index in [-0.39, 0.29) is 12.6 Å². The van der Waals surface area contributed by atoms with Crippen molar-refractivity contribution >= 4 is 5.97 Å². The lowest BCUT2D eigenvalue weighted by atomic mass is 10.2. The summed E-state index contributed by atoms with van der Waals surface area (Å²) < 4.78 is 14.8. The molecular weight excluding hydrogens is 184 g/mol. The van der Waals surface area contributed by atoms with E-state index < -0.39 is 0 Å². The Hall–Kier alpha value is -0.870. The van der Waals surface area contributed by atoms with Gasteiger partial charge in [-0.25, -0.2) is 4.79 Å². The molecule has 0 rings (SSSR count). The minimum absolute atomic E-state index is 0.265. The molecule has 0 fully saturated rings. The molecule has 0 aliphatic heterocycles. The fourth-order valence-electron chi connectivity index (χ4n) is 0.684. The second-order valence-corrected chi connectivity index (χ2v) is 2.70. The Bertz CT molecular complexity index is 177. The van der Waals surface area contributed by atoms with E-state index in [4.69, 9.17) is 14.2 Å². The minimum atomic E-state index is -0.345. The Morgan fingerprint density at radius 1 is 1.21 bits per heavy atom. The molecule has 0 bridgehead atoms. The summed E-state index contributed by atoms with van der Waals surface area (Å²) in [6, 6.07) is 0. The van der Waals surface area contributed by atoms with Crippen molar-refractivity contribution in [3.63, 3.8) is 0 Å². The molecular formula is C10H18O4. The number of methoxy groups -OCH3 is 1. The van der Waals surface area contributed by atoms with E-state index in [1.807, 2.05) is 6.92 Å². The van der Waals surface area contributed by atoms with Crippen LogP contribution in [0.15, 0.2) is 12.2 Å². The average molecular weight is 202 g/mol. The van der Waals surface area contributed by atoms with Crippen molar-refractivity contribution in [2.45, 2.75) is 13.3 Å². The van der Waals surface area contributed by atoms with Gasteiger partial charge in [0.1, 0.15) is 6.61 Å². The maximum absolute atomic E-state index is 11.1. The molecule has 0 N–H and O–H groups in total. The minimum Gasteiger partial charge on any atom is -0.460 e. The highest BCUT2D eigenvalue weighted by Crippen LogP contribution is 1.98. The van der Waals surface area contributed by atoms with E-state index in [2.05, 4.69) is 6.58 Å². The number of carbonyl (C=O) groups is 1. The SMILES string of the molecule is C=C(CC)C(=O)OCCOCCOC. The molecule has 4 heteroatoms. The first-order valence-corrected chi connectivity index (χ1v) is 4.64. The van der Waals surface area contributed by atoms with Crippen LogP contribution >= 0.6 is 0 Å². The van der Waals surface area contributed by atoms with Gasteiger partial charge >= 0.3 is 5.97 Å². The molecule has 0 aromatic heterocycles. The first kappa shape index (κ1) is 13.1. The molecule has 0 spiro atoms. The number of hydrogen-bond acceptors (Lipinski definition) is 4. The second-order valence-electron chi connectivity index (χ2n) is 2.70. The predicted molar refractivity (Wildman–Crippen MR) is 53.1 cm³/mol. The maximum Gasteiger partial charge on any atom is 0.333 e. The predicted octanol–water partition coefficient (Wildman–Crippen LogP) is 1.16. The Labute approximate surface area is 84.8 Å². The average Bonchev–Trinajstić information content (AvgIpc) is 2.21. The first-order valence-electron chi connectivity index (χ1n) is 4.64. The zero-order valence-electron chi connectivity index (χ0n) is 8.88. The Morgan fingerprint density at radius 3 is 2.43 bits per heavy atom. The molecule has 0 aromatic rings. The molecule has 4 nitrogen and oxygen atoms in total. The highest BCUT2D eigenvalue weighted by molar-refractivity contribution is 5.87. The van der Waals surface area contributed by atoms with Gasteiger partial charge in [0.15, 0.2) is 0 Å². The molecule has 14 heavy (non-hydrogen) atoms. The highest BCUT2D eigenvalue weighted by Gasteiger charge is 2.04. The van der Waals surface area contributed by atoms with Crippen molar-refractivity contribution in [2.24, 2.45) is 0 Å². The zero-order chi connectivity index (χ0) is 10.8. The summed E-state index contributed by atoms with van der Waals surface area (Å²) >= 11 is 0. The Balaban J connectivity index is 3.27. The van der Waals surface area contributed by atoms with Crippen LogP contribution in [0.25, 0.3) is 0 Å².